The zero-order valence-corrected chi connectivity index (χ0v) is 11.3. The van der Waals surface area contributed by atoms with Crippen LogP contribution >= 0.6 is 0 Å². The van der Waals surface area contributed by atoms with Crippen molar-refractivity contribution in [3.8, 4) is 0 Å². The molecule has 0 amide bonds. The van der Waals surface area contributed by atoms with Crippen LogP contribution < -0.4 is 10.9 Å². The molecular formula is C14H17N5. The zero-order valence-electron chi connectivity index (χ0n) is 11.3. The van der Waals surface area contributed by atoms with Crippen LogP contribution in [0.15, 0.2) is 36.8 Å². The van der Waals surface area contributed by atoms with E-state index in [1.54, 1.807) is 12.4 Å². The predicted molar refractivity (Wildman–Crippen MR) is 76.2 cm³/mol. The van der Waals surface area contributed by atoms with Gasteiger partial charge in [0.15, 0.2) is 0 Å². The average Bonchev–Trinajstić information content (AvgIpc) is 2.38. The maximum atomic E-state index is 4.28. The molecule has 2 heterocycles. The van der Waals surface area contributed by atoms with Crippen LogP contribution in [-0.4, -0.2) is 15.0 Å². The Kier molecular flexibility index (Phi) is 4.07. The second kappa shape index (κ2) is 5.95. The highest BCUT2D eigenvalue weighted by Crippen LogP contribution is 2.10. The van der Waals surface area contributed by atoms with Gasteiger partial charge in [-0.3, -0.25) is 10.4 Å². The van der Waals surface area contributed by atoms with Crippen molar-refractivity contribution >= 4 is 11.5 Å². The summed E-state index contributed by atoms with van der Waals surface area (Å²) in [5.41, 5.74) is 10.0. The van der Waals surface area contributed by atoms with Gasteiger partial charge in [0.1, 0.15) is 0 Å². The monoisotopic (exact) mass is 255 g/mol. The molecular weight excluding hydrogens is 238 g/mol. The Bertz CT molecular complexity index is 557. The molecule has 0 spiro atoms. The fourth-order valence-electron chi connectivity index (χ4n) is 1.69. The van der Waals surface area contributed by atoms with Gasteiger partial charge < -0.3 is 5.43 Å². The van der Waals surface area contributed by atoms with Crippen molar-refractivity contribution in [1.82, 2.24) is 20.4 Å². The van der Waals surface area contributed by atoms with E-state index in [0.717, 1.165) is 22.5 Å². The van der Waals surface area contributed by atoms with Crippen molar-refractivity contribution in [3.63, 3.8) is 0 Å². The number of hydrazine groups is 1. The number of nitrogens with zero attached hydrogens (tertiary/aromatic N) is 3. The van der Waals surface area contributed by atoms with Gasteiger partial charge in [0.25, 0.3) is 0 Å². The number of hydrogen-bond acceptors (Lipinski definition) is 5. The molecule has 19 heavy (non-hydrogen) atoms. The molecule has 0 aromatic carbocycles. The average molecular weight is 255 g/mol. The van der Waals surface area contributed by atoms with Crippen LogP contribution in [0.3, 0.4) is 0 Å². The highest BCUT2D eigenvalue weighted by molar-refractivity contribution is 5.62. The summed E-state index contributed by atoms with van der Waals surface area (Å²) < 4.78 is 0. The van der Waals surface area contributed by atoms with Gasteiger partial charge in [0, 0.05) is 30.0 Å². The summed E-state index contributed by atoms with van der Waals surface area (Å²) in [5, 5.41) is 0. The minimum Gasteiger partial charge on any atom is -0.305 e. The predicted octanol–water partition coefficient (Wildman–Crippen LogP) is 2.47. The first-order chi connectivity index (χ1) is 9.15. The molecule has 2 rings (SSSR count). The van der Waals surface area contributed by atoms with Crippen LogP contribution in [-0.2, 0) is 0 Å². The van der Waals surface area contributed by atoms with E-state index in [4.69, 9.17) is 0 Å². The highest BCUT2D eigenvalue weighted by Gasteiger charge is 1.97. The number of aryl methyl sites for hydroxylation is 2. The molecule has 0 aliphatic heterocycles. The second-order valence-corrected chi connectivity index (χ2v) is 4.31. The lowest BCUT2D eigenvalue weighted by Gasteiger charge is -2.07. The minimum absolute atomic E-state index is 0.566. The molecule has 0 fully saturated rings. The van der Waals surface area contributed by atoms with Crippen LogP contribution in [0.4, 0.5) is 5.95 Å². The van der Waals surface area contributed by atoms with E-state index >= 15 is 0 Å². The molecule has 0 aliphatic carbocycles. The van der Waals surface area contributed by atoms with E-state index in [2.05, 4.69) is 25.8 Å². The summed E-state index contributed by atoms with van der Waals surface area (Å²) in [7, 11) is 0. The van der Waals surface area contributed by atoms with Crippen molar-refractivity contribution in [3.05, 3.63) is 53.7 Å². The van der Waals surface area contributed by atoms with E-state index in [1.807, 2.05) is 45.2 Å². The Hall–Kier alpha value is -2.43. The Morgan fingerprint density at radius 3 is 2.37 bits per heavy atom. The number of allylic oxidation sites excluding steroid dienone is 1. The van der Waals surface area contributed by atoms with E-state index in [-0.39, 0.29) is 0 Å². The molecule has 0 saturated carbocycles. The van der Waals surface area contributed by atoms with Gasteiger partial charge in [0.05, 0.1) is 0 Å². The summed E-state index contributed by atoms with van der Waals surface area (Å²) in [4.78, 5) is 12.6. The first-order valence-corrected chi connectivity index (χ1v) is 6.06. The zero-order chi connectivity index (χ0) is 13.7. The lowest BCUT2D eigenvalue weighted by atomic mass is 10.1. The van der Waals surface area contributed by atoms with Crippen molar-refractivity contribution in [1.29, 1.82) is 0 Å². The number of pyridine rings is 1. The van der Waals surface area contributed by atoms with Gasteiger partial charge in [-0.1, -0.05) is 0 Å². The lowest BCUT2D eigenvalue weighted by Crippen LogP contribution is -2.17. The Labute approximate surface area is 112 Å². The summed E-state index contributed by atoms with van der Waals surface area (Å²) in [5.74, 6) is 0.566. The molecule has 5 nitrogen and oxygen atoms in total. The maximum Gasteiger partial charge on any atom is 0.242 e. The number of aromatic nitrogens is 3. The molecule has 0 bridgehead atoms. The van der Waals surface area contributed by atoms with Crippen molar-refractivity contribution in [2.24, 2.45) is 0 Å². The Morgan fingerprint density at radius 2 is 1.74 bits per heavy atom. The Balaban J connectivity index is 1.99. The first kappa shape index (κ1) is 13.0. The first-order valence-electron chi connectivity index (χ1n) is 6.06. The molecule has 98 valence electrons. The van der Waals surface area contributed by atoms with E-state index < -0.39 is 0 Å². The van der Waals surface area contributed by atoms with E-state index in [1.165, 1.54) is 0 Å². The number of rotatable bonds is 4. The summed E-state index contributed by atoms with van der Waals surface area (Å²) in [6, 6.07) is 5.85. The third kappa shape index (κ3) is 3.77. The van der Waals surface area contributed by atoms with Gasteiger partial charge in [-0.2, -0.15) is 0 Å². The SMILES string of the molecule is CC(=CNNc1nc(C)cc(C)n1)c1ccncc1. The fourth-order valence-corrected chi connectivity index (χ4v) is 1.69. The number of nitrogens with one attached hydrogen (secondary N) is 2. The number of anilines is 1. The fraction of sp³-hybridized carbons (Fsp3) is 0.214. The largest absolute Gasteiger partial charge is 0.305 e. The standard InChI is InChI=1S/C14H17N5/c1-10(13-4-6-15-7-5-13)9-16-19-14-17-11(2)8-12(3)18-14/h4-9,16H,1-3H3,(H,17,18,19). The van der Waals surface area contributed by atoms with Crippen LogP contribution in [0.1, 0.15) is 23.9 Å². The van der Waals surface area contributed by atoms with Crippen LogP contribution in [0.2, 0.25) is 0 Å². The molecule has 0 atom stereocenters. The molecule has 2 aromatic heterocycles. The normalized spacial score (nSPS) is 11.2. The Morgan fingerprint density at radius 1 is 1.11 bits per heavy atom. The second-order valence-electron chi connectivity index (χ2n) is 4.31. The van der Waals surface area contributed by atoms with Gasteiger partial charge >= 0.3 is 0 Å². The lowest BCUT2D eigenvalue weighted by molar-refractivity contribution is 0.960. The van der Waals surface area contributed by atoms with Crippen molar-refractivity contribution < 1.29 is 0 Å². The van der Waals surface area contributed by atoms with Crippen LogP contribution in [0.25, 0.3) is 5.57 Å². The third-order valence-electron chi connectivity index (χ3n) is 2.59. The third-order valence-corrected chi connectivity index (χ3v) is 2.59. The maximum absolute atomic E-state index is 4.28. The molecule has 0 saturated heterocycles. The van der Waals surface area contributed by atoms with Crippen molar-refractivity contribution in [2.45, 2.75) is 20.8 Å². The molecule has 2 N–H and O–H groups in total. The van der Waals surface area contributed by atoms with Gasteiger partial charge in [-0.25, -0.2) is 9.97 Å². The summed E-state index contributed by atoms with van der Waals surface area (Å²) in [6.45, 7) is 5.90. The molecule has 5 heteroatoms. The molecule has 0 unspecified atom stereocenters. The topological polar surface area (TPSA) is 62.7 Å². The number of hydrogen-bond donors (Lipinski definition) is 2. The minimum atomic E-state index is 0.566. The van der Waals surface area contributed by atoms with Gasteiger partial charge in [0.2, 0.25) is 5.95 Å². The van der Waals surface area contributed by atoms with Crippen LogP contribution in [0.5, 0.6) is 0 Å². The van der Waals surface area contributed by atoms with Gasteiger partial charge in [-0.05, 0) is 50.1 Å². The van der Waals surface area contributed by atoms with Crippen LogP contribution in [0, 0.1) is 13.8 Å². The molecule has 0 aliphatic rings. The van der Waals surface area contributed by atoms with Crippen molar-refractivity contribution in [2.75, 3.05) is 5.43 Å². The van der Waals surface area contributed by atoms with Gasteiger partial charge in [-0.15, -0.1) is 0 Å². The summed E-state index contributed by atoms with van der Waals surface area (Å²) in [6.07, 6.45) is 5.41. The quantitative estimate of drug-likeness (QED) is 0.822. The summed E-state index contributed by atoms with van der Waals surface area (Å²) >= 11 is 0. The molecule has 0 radical (unpaired) electrons. The molecule has 2 aromatic rings. The smallest absolute Gasteiger partial charge is 0.242 e. The van der Waals surface area contributed by atoms with E-state index in [9.17, 15) is 0 Å². The highest BCUT2D eigenvalue weighted by atomic mass is 15.4. The van der Waals surface area contributed by atoms with E-state index in [0.29, 0.717) is 5.95 Å².